The molecule has 0 saturated carbocycles. The second-order valence-electron chi connectivity index (χ2n) is 1.30. The molecule has 48 valence electrons. The molecule has 0 atom stereocenters. The molecule has 0 amide bonds. The van der Waals surface area contributed by atoms with E-state index in [0.29, 0.717) is 10.8 Å². The largest absolute Gasteiger partial charge is 0.290 e. The molecule has 0 N–H and O–H groups in total. The van der Waals surface area contributed by atoms with Crippen molar-refractivity contribution >= 4 is 17.4 Å². The second-order valence-corrected chi connectivity index (χ2v) is 2.09. The molecule has 0 unspecified atom stereocenters. The fraction of sp³-hybridized carbons (Fsp3) is 0.333. The van der Waals surface area contributed by atoms with Crippen molar-refractivity contribution in [3.63, 3.8) is 0 Å². The summed E-state index contributed by atoms with van der Waals surface area (Å²) in [5, 5.41) is 10.9. The number of aromatic nitrogens is 4. The van der Waals surface area contributed by atoms with Gasteiger partial charge in [-0.1, -0.05) is 0 Å². The van der Waals surface area contributed by atoms with E-state index < -0.39 is 0 Å². The Kier molecular flexibility index (Phi) is 1.78. The lowest BCUT2D eigenvalue weighted by Crippen LogP contribution is -1.91. The van der Waals surface area contributed by atoms with Crippen LogP contribution >= 0.6 is 11.8 Å². The molecular formula is C3H4N4OS. The van der Waals surface area contributed by atoms with Crippen molar-refractivity contribution in [2.75, 3.05) is 0 Å². The first-order valence-corrected chi connectivity index (χ1v) is 3.05. The fourth-order valence-electron chi connectivity index (χ4n) is 0.364. The summed E-state index contributed by atoms with van der Waals surface area (Å²) in [6.45, 7) is 0. The summed E-state index contributed by atoms with van der Waals surface area (Å²) in [7, 11) is 1.67. The second kappa shape index (κ2) is 2.58. The number of aryl methyl sites for hydroxylation is 1. The van der Waals surface area contributed by atoms with Crippen LogP contribution in [-0.4, -0.2) is 25.8 Å². The predicted octanol–water partition coefficient (Wildman–Crippen LogP) is -0.508. The van der Waals surface area contributed by atoms with E-state index >= 15 is 0 Å². The highest BCUT2D eigenvalue weighted by molar-refractivity contribution is 8.11. The minimum absolute atomic E-state index is 0.505. The highest BCUT2D eigenvalue weighted by atomic mass is 32.2. The Hall–Kier alpha value is -0.910. The maximum absolute atomic E-state index is 9.88. The van der Waals surface area contributed by atoms with Crippen LogP contribution in [0, 0.1) is 0 Å². The summed E-state index contributed by atoms with van der Waals surface area (Å²) in [5.74, 6) is 0. The Labute approximate surface area is 55.4 Å². The molecule has 0 spiro atoms. The van der Waals surface area contributed by atoms with Gasteiger partial charge < -0.3 is 0 Å². The van der Waals surface area contributed by atoms with Gasteiger partial charge in [-0.2, -0.15) is 0 Å². The number of carbonyl (C=O) groups is 1. The van der Waals surface area contributed by atoms with Crippen molar-refractivity contribution < 1.29 is 4.79 Å². The van der Waals surface area contributed by atoms with Crippen molar-refractivity contribution in [2.24, 2.45) is 7.05 Å². The molecule has 0 saturated heterocycles. The van der Waals surface area contributed by atoms with Crippen LogP contribution in [-0.2, 0) is 11.8 Å². The molecule has 5 nitrogen and oxygen atoms in total. The third-order valence-corrected chi connectivity index (χ3v) is 1.39. The average Bonchev–Trinajstić information content (AvgIpc) is 2.18. The van der Waals surface area contributed by atoms with Crippen molar-refractivity contribution in [1.29, 1.82) is 0 Å². The molecular weight excluding hydrogens is 140 g/mol. The van der Waals surface area contributed by atoms with Gasteiger partial charge in [-0.05, 0) is 22.2 Å². The molecule has 0 aliphatic carbocycles. The van der Waals surface area contributed by atoms with Gasteiger partial charge in [0.2, 0.25) is 5.16 Å². The van der Waals surface area contributed by atoms with E-state index in [9.17, 15) is 4.79 Å². The van der Waals surface area contributed by atoms with Crippen LogP contribution in [0.1, 0.15) is 0 Å². The molecule has 0 bridgehead atoms. The molecule has 9 heavy (non-hydrogen) atoms. The van der Waals surface area contributed by atoms with Gasteiger partial charge in [-0.3, -0.25) is 4.79 Å². The molecule has 1 rings (SSSR count). The summed E-state index contributed by atoms with van der Waals surface area (Å²) in [6.07, 6.45) is 0. The van der Waals surface area contributed by atoms with Crippen LogP contribution in [0.15, 0.2) is 5.16 Å². The molecule has 1 aromatic rings. The highest BCUT2D eigenvalue weighted by Gasteiger charge is 1.98. The van der Waals surface area contributed by atoms with Gasteiger partial charge in [-0.15, -0.1) is 5.10 Å². The Bertz CT molecular complexity index is 209. The lowest BCUT2D eigenvalue weighted by atomic mass is 11.2. The Balaban J connectivity index is 2.80. The van der Waals surface area contributed by atoms with Gasteiger partial charge in [0.1, 0.15) is 0 Å². The predicted molar refractivity (Wildman–Crippen MR) is 31.4 cm³/mol. The number of hydrogen-bond acceptors (Lipinski definition) is 5. The number of carbonyl (C=O) groups excluding carboxylic acids is 1. The van der Waals surface area contributed by atoms with Crippen LogP contribution in [0.2, 0.25) is 0 Å². The molecule has 6 heteroatoms. The molecule has 0 fully saturated rings. The lowest BCUT2D eigenvalue weighted by Gasteiger charge is -1.86. The summed E-state index contributed by atoms with van der Waals surface area (Å²) in [5.41, 5.74) is 0.686. The molecule has 0 aromatic carbocycles. The Morgan fingerprint density at radius 1 is 1.78 bits per heavy atom. The van der Waals surface area contributed by atoms with E-state index in [1.54, 1.807) is 7.05 Å². The third kappa shape index (κ3) is 1.26. The van der Waals surface area contributed by atoms with Gasteiger partial charge in [0.25, 0.3) is 0 Å². The topological polar surface area (TPSA) is 60.7 Å². The van der Waals surface area contributed by atoms with E-state index in [4.69, 9.17) is 0 Å². The number of tetrazole rings is 1. The van der Waals surface area contributed by atoms with Gasteiger partial charge in [0.15, 0.2) is 5.62 Å². The molecule has 0 radical (unpaired) electrons. The average molecular weight is 144 g/mol. The summed E-state index contributed by atoms with van der Waals surface area (Å²) in [4.78, 5) is 9.88. The number of hydrogen-bond donors (Lipinski definition) is 0. The minimum Gasteiger partial charge on any atom is -0.290 e. The van der Waals surface area contributed by atoms with E-state index in [-0.39, 0.29) is 0 Å². The molecule has 0 aliphatic heterocycles. The normalized spacial score (nSPS) is 9.44. The zero-order valence-electron chi connectivity index (χ0n) is 4.68. The summed E-state index contributed by atoms with van der Waals surface area (Å²) < 4.78 is 1.43. The third-order valence-electron chi connectivity index (χ3n) is 0.735. The first kappa shape index (κ1) is 6.21. The maximum Gasteiger partial charge on any atom is 0.216 e. The van der Waals surface area contributed by atoms with Gasteiger partial charge in [-0.25, -0.2) is 4.68 Å². The lowest BCUT2D eigenvalue weighted by molar-refractivity contribution is 0.569. The van der Waals surface area contributed by atoms with Crippen LogP contribution < -0.4 is 0 Å². The SMILES string of the molecule is Cn1nnnc1SC=O. The quantitative estimate of drug-likeness (QED) is 0.413. The standard InChI is InChI=1S/C3H4N4OS/c1-7-3(9-2-8)4-5-6-7/h2H,1H3. The fourth-order valence-corrected chi connectivity index (χ4v) is 0.723. The first-order valence-electron chi connectivity index (χ1n) is 2.17. The van der Waals surface area contributed by atoms with E-state index in [1.807, 2.05) is 0 Å². The zero-order valence-corrected chi connectivity index (χ0v) is 5.50. The van der Waals surface area contributed by atoms with Crippen LogP contribution in [0.3, 0.4) is 0 Å². The first-order chi connectivity index (χ1) is 4.34. The summed E-state index contributed by atoms with van der Waals surface area (Å²) in [6, 6.07) is 0. The van der Waals surface area contributed by atoms with E-state index in [2.05, 4.69) is 15.5 Å². The van der Waals surface area contributed by atoms with Crippen LogP contribution in [0.25, 0.3) is 0 Å². The molecule has 1 heterocycles. The highest BCUT2D eigenvalue weighted by Crippen LogP contribution is 2.06. The van der Waals surface area contributed by atoms with Crippen molar-refractivity contribution in [2.45, 2.75) is 5.16 Å². The van der Waals surface area contributed by atoms with Crippen molar-refractivity contribution in [1.82, 2.24) is 20.2 Å². The van der Waals surface area contributed by atoms with Crippen molar-refractivity contribution in [3.05, 3.63) is 0 Å². The van der Waals surface area contributed by atoms with Crippen LogP contribution in [0.4, 0.5) is 0 Å². The zero-order chi connectivity index (χ0) is 6.69. The number of thioether (sulfide) groups is 1. The van der Waals surface area contributed by atoms with E-state index in [0.717, 1.165) is 11.8 Å². The monoisotopic (exact) mass is 144 g/mol. The van der Waals surface area contributed by atoms with Gasteiger partial charge >= 0.3 is 0 Å². The number of rotatable bonds is 2. The molecule has 1 aromatic heterocycles. The molecule has 0 aliphatic rings. The number of nitrogens with zero attached hydrogens (tertiary/aromatic N) is 4. The smallest absolute Gasteiger partial charge is 0.216 e. The summed E-state index contributed by atoms with van der Waals surface area (Å²) >= 11 is 0.955. The van der Waals surface area contributed by atoms with Gasteiger partial charge in [0, 0.05) is 7.05 Å². The Morgan fingerprint density at radius 3 is 3.00 bits per heavy atom. The van der Waals surface area contributed by atoms with Crippen LogP contribution in [0.5, 0.6) is 0 Å². The Morgan fingerprint density at radius 2 is 2.56 bits per heavy atom. The van der Waals surface area contributed by atoms with Gasteiger partial charge in [0.05, 0.1) is 0 Å². The van der Waals surface area contributed by atoms with E-state index in [1.165, 1.54) is 4.68 Å². The minimum atomic E-state index is 0.505. The van der Waals surface area contributed by atoms with Crippen molar-refractivity contribution in [3.8, 4) is 0 Å². The maximum atomic E-state index is 9.88.